The zero-order valence-corrected chi connectivity index (χ0v) is 10.3. The monoisotopic (exact) mass is 244 g/mol. The van der Waals surface area contributed by atoms with Crippen LogP contribution < -0.4 is 0 Å². The Bertz CT molecular complexity index is 584. The molecule has 0 spiro atoms. The molecule has 0 aliphatic carbocycles. The van der Waals surface area contributed by atoms with Gasteiger partial charge in [-0.15, -0.1) is 11.8 Å². The Morgan fingerprint density at radius 3 is 3.06 bits per heavy atom. The second-order valence-electron chi connectivity index (χ2n) is 4.02. The molecular formula is C14H12O2S. The van der Waals surface area contributed by atoms with Crippen LogP contribution in [0, 0.1) is 0 Å². The van der Waals surface area contributed by atoms with Gasteiger partial charge in [-0.1, -0.05) is 19.1 Å². The lowest BCUT2D eigenvalue weighted by Gasteiger charge is -2.08. The lowest BCUT2D eigenvalue weighted by Crippen LogP contribution is -2.05. The second kappa shape index (κ2) is 4.08. The molecule has 17 heavy (non-hydrogen) atoms. The molecule has 3 heteroatoms. The van der Waals surface area contributed by atoms with Crippen LogP contribution in [0.5, 0.6) is 0 Å². The summed E-state index contributed by atoms with van der Waals surface area (Å²) in [6, 6.07) is 7.84. The standard InChI is InChI=1S/C14H12O2S/c1-2-9-4-3-5-12-13(9)14(15)10-6-7-16-11(10)8-17-12/h3-7H,2,8H2,1H3. The van der Waals surface area contributed by atoms with E-state index in [1.54, 1.807) is 24.1 Å². The van der Waals surface area contributed by atoms with Crippen molar-refractivity contribution < 1.29 is 9.21 Å². The van der Waals surface area contributed by atoms with Gasteiger partial charge >= 0.3 is 0 Å². The van der Waals surface area contributed by atoms with Gasteiger partial charge in [0.15, 0.2) is 5.78 Å². The highest BCUT2D eigenvalue weighted by Crippen LogP contribution is 2.35. The number of hydrogen-bond acceptors (Lipinski definition) is 3. The van der Waals surface area contributed by atoms with Gasteiger partial charge in [0.05, 0.1) is 17.6 Å². The van der Waals surface area contributed by atoms with E-state index in [4.69, 9.17) is 4.42 Å². The summed E-state index contributed by atoms with van der Waals surface area (Å²) >= 11 is 1.68. The molecule has 2 nitrogen and oxygen atoms in total. The molecule has 2 aromatic rings. The van der Waals surface area contributed by atoms with Crippen LogP contribution in [0.25, 0.3) is 0 Å². The molecule has 0 fully saturated rings. The third-order valence-corrected chi connectivity index (χ3v) is 4.13. The Balaban J connectivity index is 2.24. The van der Waals surface area contributed by atoms with Crippen molar-refractivity contribution in [2.24, 2.45) is 0 Å². The summed E-state index contributed by atoms with van der Waals surface area (Å²) < 4.78 is 5.37. The minimum atomic E-state index is 0.103. The van der Waals surface area contributed by atoms with Gasteiger partial charge in [-0.2, -0.15) is 0 Å². The van der Waals surface area contributed by atoms with Crippen molar-refractivity contribution in [3.63, 3.8) is 0 Å². The number of fused-ring (bicyclic) bond motifs is 2. The Hall–Kier alpha value is -1.48. The normalized spacial score (nSPS) is 14.1. The molecule has 86 valence electrons. The van der Waals surface area contributed by atoms with Crippen molar-refractivity contribution in [3.8, 4) is 0 Å². The largest absolute Gasteiger partial charge is 0.468 e. The summed E-state index contributed by atoms with van der Waals surface area (Å²) in [5.41, 5.74) is 2.70. The number of benzene rings is 1. The molecule has 0 bridgehead atoms. The predicted molar refractivity (Wildman–Crippen MR) is 67.5 cm³/mol. The minimum absolute atomic E-state index is 0.103. The summed E-state index contributed by atoms with van der Waals surface area (Å²) in [5.74, 6) is 1.62. The average molecular weight is 244 g/mol. The topological polar surface area (TPSA) is 30.2 Å². The van der Waals surface area contributed by atoms with Gasteiger partial charge in [0, 0.05) is 10.5 Å². The molecule has 1 aliphatic rings. The fourth-order valence-electron chi connectivity index (χ4n) is 2.18. The number of thioether (sulfide) groups is 1. The second-order valence-corrected chi connectivity index (χ2v) is 5.04. The first-order valence-electron chi connectivity index (χ1n) is 5.67. The van der Waals surface area contributed by atoms with Gasteiger partial charge in [-0.25, -0.2) is 0 Å². The molecule has 3 rings (SSSR count). The van der Waals surface area contributed by atoms with Crippen molar-refractivity contribution in [2.45, 2.75) is 24.0 Å². The SMILES string of the molecule is CCc1cccc2c1C(=O)c1ccoc1CS2. The van der Waals surface area contributed by atoms with Crippen molar-refractivity contribution in [2.75, 3.05) is 0 Å². The highest BCUT2D eigenvalue weighted by atomic mass is 32.2. The first-order valence-corrected chi connectivity index (χ1v) is 6.65. The average Bonchev–Trinajstić information content (AvgIpc) is 2.78. The van der Waals surface area contributed by atoms with Crippen LogP contribution in [-0.2, 0) is 12.2 Å². The molecule has 1 aliphatic heterocycles. The summed E-state index contributed by atoms with van der Waals surface area (Å²) in [7, 11) is 0. The van der Waals surface area contributed by atoms with Crippen LogP contribution in [-0.4, -0.2) is 5.78 Å². The van der Waals surface area contributed by atoms with Crippen LogP contribution in [0.15, 0.2) is 39.8 Å². The first-order chi connectivity index (χ1) is 8.31. The van der Waals surface area contributed by atoms with Gasteiger partial charge in [0.25, 0.3) is 0 Å². The van der Waals surface area contributed by atoms with Crippen LogP contribution in [0.3, 0.4) is 0 Å². The van der Waals surface area contributed by atoms with Crippen molar-refractivity contribution >= 4 is 17.5 Å². The molecule has 0 atom stereocenters. The summed E-state index contributed by atoms with van der Waals surface area (Å²) in [6.45, 7) is 2.08. The number of furan rings is 1. The van der Waals surface area contributed by atoms with E-state index >= 15 is 0 Å². The van der Waals surface area contributed by atoms with Crippen LogP contribution in [0.1, 0.15) is 34.2 Å². The van der Waals surface area contributed by atoms with Gasteiger partial charge in [-0.3, -0.25) is 4.79 Å². The third kappa shape index (κ3) is 1.62. The van der Waals surface area contributed by atoms with E-state index in [1.165, 1.54) is 0 Å². The van der Waals surface area contributed by atoms with E-state index in [1.807, 2.05) is 18.2 Å². The molecule has 0 amide bonds. The lowest BCUT2D eigenvalue weighted by molar-refractivity contribution is 0.103. The van der Waals surface area contributed by atoms with E-state index in [9.17, 15) is 4.79 Å². The van der Waals surface area contributed by atoms with Crippen molar-refractivity contribution in [1.29, 1.82) is 0 Å². The maximum Gasteiger partial charge on any atom is 0.197 e. The number of ketones is 1. The van der Waals surface area contributed by atoms with Crippen molar-refractivity contribution in [1.82, 2.24) is 0 Å². The van der Waals surface area contributed by atoms with Crippen molar-refractivity contribution in [3.05, 3.63) is 53.0 Å². The van der Waals surface area contributed by atoms with Gasteiger partial charge < -0.3 is 4.42 Å². The molecule has 0 N–H and O–H groups in total. The number of rotatable bonds is 1. The fraction of sp³-hybridized carbons (Fsp3) is 0.214. The zero-order valence-electron chi connectivity index (χ0n) is 9.53. The van der Waals surface area contributed by atoms with Gasteiger partial charge in [-0.05, 0) is 24.1 Å². The molecule has 1 aromatic carbocycles. The molecule has 1 aromatic heterocycles. The Labute approximate surface area is 104 Å². The first kappa shape index (κ1) is 10.7. The highest BCUT2D eigenvalue weighted by Gasteiger charge is 2.25. The van der Waals surface area contributed by atoms with Gasteiger partial charge in [0.1, 0.15) is 5.76 Å². The van der Waals surface area contributed by atoms with E-state index in [-0.39, 0.29) is 5.78 Å². The molecular weight excluding hydrogens is 232 g/mol. The molecule has 0 saturated carbocycles. The third-order valence-electron chi connectivity index (χ3n) is 3.07. The number of hydrogen-bond donors (Lipinski definition) is 0. The summed E-state index contributed by atoms with van der Waals surface area (Å²) in [5, 5.41) is 0. The Kier molecular flexibility index (Phi) is 2.56. The quantitative estimate of drug-likeness (QED) is 0.766. The van der Waals surface area contributed by atoms with E-state index in [0.29, 0.717) is 0 Å². The number of carbonyl (C=O) groups excluding carboxylic acids is 1. The Morgan fingerprint density at radius 2 is 2.24 bits per heavy atom. The van der Waals surface area contributed by atoms with E-state index in [2.05, 4.69) is 6.92 Å². The maximum absolute atomic E-state index is 12.5. The molecule has 0 radical (unpaired) electrons. The molecule has 0 saturated heterocycles. The smallest absolute Gasteiger partial charge is 0.197 e. The highest BCUT2D eigenvalue weighted by molar-refractivity contribution is 7.98. The van der Waals surface area contributed by atoms with Crippen LogP contribution in [0.4, 0.5) is 0 Å². The summed E-state index contributed by atoms with van der Waals surface area (Å²) in [4.78, 5) is 13.6. The maximum atomic E-state index is 12.5. The lowest BCUT2D eigenvalue weighted by atomic mass is 9.97. The van der Waals surface area contributed by atoms with E-state index in [0.717, 1.165) is 39.5 Å². The molecule has 0 unspecified atom stereocenters. The molecule has 2 heterocycles. The van der Waals surface area contributed by atoms with E-state index < -0.39 is 0 Å². The predicted octanol–water partition coefficient (Wildman–Crippen LogP) is 3.68. The fourth-order valence-corrected chi connectivity index (χ4v) is 3.23. The summed E-state index contributed by atoms with van der Waals surface area (Å²) in [6.07, 6.45) is 2.48. The van der Waals surface area contributed by atoms with Gasteiger partial charge in [0.2, 0.25) is 0 Å². The number of carbonyl (C=O) groups is 1. The zero-order chi connectivity index (χ0) is 11.8. The van der Waals surface area contributed by atoms with Crippen LogP contribution in [0.2, 0.25) is 0 Å². The number of aryl methyl sites for hydroxylation is 1. The Morgan fingerprint density at radius 1 is 1.35 bits per heavy atom. The minimum Gasteiger partial charge on any atom is -0.468 e. The van der Waals surface area contributed by atoms with Crippen LogP contribution >= 0.6 is 11.8 Å².